The zero-order valence-electron chi connectivity index (χ0n) is 9.29. The van der Waals surface area contributed by atoms with Gasteiger partial charge in [-0.25, -0.2) is 0 Å². The summed E-state index contributed by atoms with van der Waals surface area (Å²) in [6, 6.07) is 6.48. The zero-order valence-corrected chi connectivity index (χ0v) is 11.6. The van der Waals surface area contributed by atoms with Crippen LogP contribution in [0.3, 0.4) is 0 Å². The van der Waals surface area contributed by atoms with Crippen LogP contribution in [0.15, 0.2) is 22.7 Å². The molecule has 0 aliphatic carbocycles. The summed E-state index contributed by atoms with van der Waals surface area (Å²) in [5.41, 5.74) is 7.43. The second kappa shape index (κ2) is 5.05. The Kier molecular flexibility index (Phi) is 3.90. The molecule has 0 radical (unpaired) electrons. The Bertz CT molecular complexity index is 383. The molecule has 2 rings (SSSR count). The molecule has 1 aliphatic rings. The number of hydrogen-bond donors (Lipinski definition) is 1. The fourth-order valence-corrected chi connectivity index (χ4v) is 3.32. The van der Waals surface area contributed by atoms with Gasteiger partial charge < -0.3 is 5.73 Å². The summed E-state index contributed by atoms with van der Waals surface area (Å²) in [5, 5.41) is 0.755. The minimum absolute atomic E-state index is 0.220. The van der Waals surface area contributed by atoms with Crippen molar-refractivity contribution in [2.75, 3.05) is 13.1 Å². The molecule has 4 heteroatoms. The molecule has 1 heterocycles. The number of benzene rings is 1. The van der Waals surface area contributed by atoms with Gasteiger partial charge in [0.1, 0.15) is 0 Å². The van der Waals surface area contributed by atoms with Crippen LogP contribution in [-0.4, -0.2) is 24.0 Å². The van der Waals surface area contributed by atoms with Gasteiger partial charge in [0.2, 0.25) is 0 Å². The van der Waals surface area contributed by atoms with Crippen molar-refractivity contribution in [3.8, 4) is 0 Å². The standard InChI is InChI=1S/C12H16BrClN2/c1-2-16-6-5-11(15)12(16)9-4-3-8(14)7-10(9)13/h3-4,7,11-12H,2,5-6,15H2,1H3. The van der Waals surface area contributed by atoms with Crippen molar-refractivity contribution in [3.63, 3.8) is 0 Å². The van der Waals surface area contributed by atoms with E-state index in [4.69, 9.17) is 17.3 Å². The normalized spacial score (nSPS) is 26.2. The molecule has 2 unspecified atom stereocenters. The fourth-order valence-electron chi connectivity index (χ4n) is 2.41. The lowest BCUT2D eigenvalue weighted by molar-refractivity contribution is 0.260. The van der Waals surface area contributed by atoms with Gasteiger partial charge in [-0.05, 0) is 30.7 Å². The Balaban J connectivity index is 2.34. The highest BCUT2D eigenvalue weighted by Crippen LogP contribution is 2.36. The van der Waals surface area contributed by atoms with E-state index in [0.29, 0.717) is 6.04 Å². The molecular weight excluding hydrogens is 288 g/mol. The number of likely N-dealkylation sites (N-methyl/N-ethyl adjacent to an activating group) is 1. The average molecular weight is 304 g/mol. The van der Waals surface area contributed by atoms with Crippen LogP contribution >= 0.6 is 27.5 Å². The maximum absolute atomic E-state index is 6.19. The molecule has 0 aromatic heterocycles. The van der Waals surface area contributed by atoms with Crippen LogP contribution in [0.25, 0.3) is 0 Å². The van der Waals surface area contributed by atoms with Gasteiger partial charge in [0.15, 0.2) is 0 Å². The van der Waals surface area contributed by atoms with Gasteiger partial charge in [-0.2, -0.15) is 0 Å². The maximum atomic E-state index is 6.19. The fraction of sp³-hybridized carbons (Fsp3) is 0.500. The summed E-state index contributed by atoms with van der Waals surface area (Å²) in [4.78, 5) is 2.42. The third-order valence-corrected chi connectivity index (χ3v) is 4.16. The highest BCUT2D eigenvalue weighted by Gasteiger charge is 2.32. The lowest BCUT2D eigenvalue weighted by Gasteiger charge is -2.26. The molecule has 1 fully saturated rings. The predicted molar refractivity (Wildman–Crippen MR) is 71.7 cm³/mol. The Morgan fingerprint density at radius 2 is 2.31 bits per heavy atom. The van der Waals surface area contributed by atoms with Crippen LogP contribution in [0.1, 0.15) is 24.9 Å². The summed E-state index contributed by atoms with van der Waals surface area (Å²) in [5.74, 6) is 0. The predicted octanol–water partition coefficient (Wildman–Crippen LogP) is 3.20. The molecule has 0 amide bonds. The molecule has 1 aromatic carbocycles. The third kappa shape index (κ3) is 2.28. The highest BCUT2D eigenvalue weighted by atomic mass is 79.9. The van der Waals surface area contributed by atoms with Crippen molar-refractivity contribution in [2.24, 2.45) is 5.73 Å². The Labute approximate surface area is 110 Å². The van der Waals surface area contributed by atoms with Crippen LogP contribution in [0, 0.1) is 0 Å². The quantitative estimate of drug-likeness (QED) is 0.909. The Morgan fingerprint density at radius 3 is 2.94 bits per heavy atom. The van der Waals surface area contributed by atoms with Crippen LogP contribution in [0.2, 0.25) is 5.02 Å². The first-order valence-electron chi connectivity index (χ1n) is 5.58. The number of likely N-dealkylation sites (tertiary alicyclic amines) is 1. The Morgan fingerprint density at radius 1 is 1.56 bits per heavy atom. The molecule has 0 spiro atoms. The summed E-state index contributed by atoms with van der Waals surface area (Å²) < 4.78 is 1.06. The van der Waals surface area contributed by atoms with E-state index in [1.165, 1.54) is 5.56 Å². The molecule has 1 aliphatic heterocycles. The zero-order chi connectivity index (χ0) is 11.7. The van der Waals surface area contributed by atoms with Gasteiger partial charge in [0.25, 0.3) is 0 Å². The van der Waals surface area contributed by atoms with Gasteiger partial charge in [-0.3, -0.25) is 4.90 Å². The topological polar surface area (TPSA) is 29.3 Å². The Hall–Kier alpha value is -0.0900. The SMILES string of the molecule is CCN1CCC(N)C1c1ccc(Cl)cc1Br. The molecule has 2 atom stereocenters. The summed E-state index contributed by atoms with van der Waals surface area (Å²) in [6.07, 6.45) is 1.06. The van der Waals surface area contributed by atoms with Crippen molar-refractivity contribution in [3.05, 3.63) is 33.3 Å². The van der Waals surface area contributed by atoms with Crippen LogP contribution < -0.4 is 5.73 Å². The van der Waals surface area contributed by atoms with Crippen molar-refractivity contribution >= 4 is 27.5 Å². The van der Waals surface area contributed by atoms with E-state index < -0.39 is 0 Å². The molecule has 1 saturated heterocycles. The average Bonchev–Trinajstić information content (AvgIpc) is 2.60. The number of nitrogens with zero attached hydrogens (tertiary/aromatic N) is 1. The molecule has 2 N–H and O–H groups in total. The second-order valence-corrected chi connectivity index (χ2v) is 5.48. The monoisotopic (exact) mass is 302 g/mol. The highest BCUT2D eigenvalue weighted by molar-refractivity contribution is 9.10. The summed E-state index contributed by atoms with van der Waals surface area (Å²) >= 11 is 9.53. The van der Waals surface area contributed by atoms with E-state index in [1.807, 2.05) is 12.1 Å². The third-order valence-electron chi connectivity index (χ3n) is 3.24. The van der Waals surface area contributed by atoms with Crippen molar-refractivity contribution in [1.82, 2.24) is 4.90 Å². The van der Waals surface area contributed by atoms with E-state index in [2.05, 4.69) is 33.8 Å². The molecule has 0 saturated carbocycles. The van der Waals surface area contributed by atoms with Gasteiger partial charge in [0.05, 0.1) is 6.04 Å². The largest absolute Gasteiger partial charge is 0.326 e. The van der Waals surface area contributed by atoms with Crippen LogP contribution in [0.5, 0.6) is 0 Å². The molecule has 1 aromatic rings. The minimum Gasteiger partial charge on any atom is -0.326 e. The van der Waals surface area contributed by atoms with Gasteiger partial charge >= 0.3 is 0 Å². The van der Waals surface area contributed by atoms with E-state index in [-0.39, 0.29) is 6.04 Å². The molecule has 88 valence electrons. The second-order valence-electron chi connectivity index (χ2n) is 4.19. The number of nitrogens with two attached hydrogens (primary N) is 1. The van der Waals surface area contributed by atoms with E-state index >= 15 is 0 Å². The lowest BCUT2D eigenvalue weighted by Crippen LogP contribution is -2.31. The van der Waals surface area contributed by atoms with Crippen molar-refractivity contribution in [2.45, 2.75) is 25.4 Å². The molecule has 2 nitrogen and oxygen atoms in total. The van der Waals surface area contributed by atoms with Gasteiger partial charge in [-0.1, -0.05) is 40.5 Å². The first kappa shape index (κ1) is 12.4. The molecular formula is C12H16BrClN2. The number of halogens is 2. The van der Waals surface area contributed by atoms with E-state index in [9.17, 15) is 0 Å². The molecule has 16 heavy (non-hydrogen) atoms. The number of hydrogen-bond acceptors (Lipinski definition) is 2. The summed E-state index contributed by atoms with van der Waals surface area (Å²) in [6.45, 7) is 4.29. The van der Waals surface area contributed by atoms with E-state index in [0.717, 1.165) is 29.0 Å². The van der Waals surface area contributed by atoms with Crippen LogP contribution in [0.4, 0.5) is 0 Å². The smallest absolute Gasteiger partial charge is 0.0510 e. The number of rotatable bonds is 2. The molecule has 0 bridgehead atoms. The first-order chi connectivity index (χ1) is 7.63. The van der Waals surface area contributed by atoms with Crippen molar-refractivity contribution < 1.29 is 0 Å². The van der Waals surface area contributed by atoms with Crippen LogP contribution in [-0.2, 0) is 0 Å². The first-order valence-corrected chi connectivity index (χ1v) is 6.75. The minimum atomic E-state index is 0.220. The summed E-state index contributed by atoms with van der Waals surface area (Å²) in [7, 11) is 0. The van der Waals surface area contributed by atoms with Crippen molar-refractivity contribution in [1.29, 1.82) is 0 Å². The lowest BCUT2D eigenvalue weighted by atomic mass is 10.0. The maximum Gasteiger partial charge on any atom is 0.0510 e. The van der Waals surface area contributed by atoms with Gasteiger partial charge in [0, 0.05) is 22.1 Å². The van der Waals surface area contributed by atoms with E-state index in [1.54, 1.807) is 0 Å². The van der Waals surface area contributed by atoms with Gasteiger partial charge in [-0.15, -0.1) is 0 Å².